The fourth-order valence-corrected chi connectivity index (χ4v) is 3.28. The van der Waals surface area contributed by atoms with Crippen molar-refractivity contribution >= 4 is 22.6 Å². The highest BCUT2D eigenvalue weighted by Gasteiger charge is 2.21. The van der Waals surface area contributed by atoms with Crippen molar-refractivity contribution in [1.29, 1.82) is 0 Å². The first kappa shape index (κ1) is 19.3. The van der Waals surface area contributed by atoms with Crippen LogP contribution in [0, 0.1) is 6.92 Å². The molecule has 0 fully saturated rings. The molecule has 0 saturated carbocycles. The summed E-state index contributed by atoms with van der Waals surface area (Å²) in [5.74, 6) is -0.160. The van der Waals surface area contributed by atoms with Gasteiger partial charge in [-0.2, -0.15) is 0 Å². The summed E-state index contributed by atoms with van der Waals surface area (Å²) in [5, 5.41) is 3.11. The zero-order valence-electron chi connectivity index (χ0n) is 16.6. The van der Waals surface area contributed by atoms with Gasteiger partial charge in [-0.05, 0) is 43.3 Å². The Hall–Kier alpha value is -4.07. The first-order chi connectivity index (χ1) is 14.4. The van der Waals surface area contributed by atoms with E-state index < -0.39 is 17.1 Å². The van der Waals surface area contributed by atoms with Crippen LogP contribution >= 0.6 is 0 Å². The number of amides is 1. The SMILES string of the molecule is COc1ccc2oc(=O)c(C(=O)Nc3c(C)n(C)n(-c4ccccc4)c3=O)cc2c1. The first-order valence-electron chi connectivity index (χ1n) is 9.18. The van der Waals surface area contributed by atoms with Crippen LogP contribution in [0.2, 0.25) is 0 Å². The lowest BCUT2D eigenvalue weighted by molar-refractivity contribution is 0.102. The number of hydrogen-bond donors (Lipinski definition) is 1. The largest absolute Gasteiger partial charge is 0.497 e. The van der Waals surface area contributed by atoms with Gasteiger partial charge in [0.1, 0.15) is 22.6 Å². The fraction of sp³-hybridized carbons (Fsp3) is 0.136. The minimum absolute atomic E-state index is 0.0940. The Kier molecular flexibility index (Phi) is 4.75. The fourth-order valence-electron chi connectivity index (χ4n) is 3.28. The number of nitrogens with zero attached hydrogens (tertiary/aromatic N) is 2. The summed E-state index contributed by atoms with van der Waals surface area (Å²) in [4.78, 5) is 38.1. The highest BCUT2D eigenvalue weighted by Crippen LogP contribution is 2.21. The Morgan fingerprint density at radius 1 is 1.07 bits per heavy atom. The number of nitrogens with one attached hydrogen (secondary N) is 1. The standard InChI is InChI=1S/C22H19N3O5/c1-13-19(21(27)25(24(13)2)15-7-5-4-6-8-15)23-20(26)17-12-14-11-16(29-3)9-10-18(14)30-22(17)28/h4-12H,1-3H3,(H,23,26). The van der Waals surface area contributed by atoms with Crippen molar-refractivity contribution in [2.24, 2.45) is 7.05 Å². The predicted molar refractivity (Wildman–Crippen MR) is 113 cm³/mol. The van der Waals surface area contributed by atoms with Gasteiger partial charge in [-0.15, -0.1) is 0 Å². The summed E-state index contributed by atoms with van der Waals surface area (Å²) in [5.41, 5.74) is 0.235. The van der Waals surface area contributed by atoms with Crippen molar-refractivity contribution < 1.29 is 13.9 Å². The molecule has 0 bridgehead atoms. The van der Waals surface area contributed by atoms with E-state index in [1.807, 2.05) is 18.2 Å². The van der Waals surface area contributed by atoms with E-state index in [-0.39, 0.29) is 11.3 Å². The van der Waals surface area contributed by atoms with Gasteiger partial charge in [-0.25, -0.2) is 9.48 Å². The molecule has 0 aliphatic rings. The van der Waals surface area contributed by atoms with Crippen LogP contribution in [-0.4, -0.2) is 22.4 Å². The normalized spacial score (nSPS) is 10.9. The van der Waals surface area contributed by atoms with Crippen LogP contribution in [0.25, 0.3) is 16.7 Å². The second-order valence-electron chi connectivity index (χ2n) is 6.74. The number of hydrogen-bond acceptors (Lipinski definition) is 5. The lowest BCUT2D eigenvalue weighted by Gasteiger charge is -2.07. The number of rotatable bonds is 4. The summed E-state index contributed by atoms with van der Waals surface area (Å²) in [6.07, 6.45) is 0. The third-order valence-electron chi connectivity index (χ3n) is 4.98. The quantitative estimate of drug-likeness (QED) is 0.527. The van der Waals surface area contributed by atoms with E-state index in [0.717, 1.165) is 0 Å². The lowest BCUT2D eigenvalue weighted by Crippen LogP contribution is -2.25. The summed E-state index contributed by atoms with van der Waals surface area (Å²) in [6.45, 7) is 1.71. The molecule has 8 heteroatoms. The van der Waals surface area contributed by atoms with E-state index in [2.05, 4.69) is 5.32 Å². The topological polar surface area (TPSA) is 95.5 Å². The number of benzene rings is 2. The van der Waals surface area contributed by atoms with Crippen LogP contribution in [0.4, 0.5) is 5.69 Å². The molecule has 0 aliphatic heterocycles. The third kappa shape index (κ3) is 3.18. The second-order valence-corrected chi connectivity index (χ2v) is 6.74. The smallest absolute Gasteiger partial charge is 0.349 e. The number of aromatic nitrogens is 2. The number of fused-ring (bicyclic) bond motifs is 1. The van der Waals surface area contributed by atoms with E-state index in [1.165, 1.54) is 17.9 Å². The average Bonchev–Trinajstić information content (AvgIpc) is 2.96. The summed E-state index contributed by atoms with van der Waals surface area (Å²) in [6, 6.07) is 15.4. The number of ether oxygens (including phenoxy) is 1. The van der Waals surface area contributed by atoms with Crippen LogP contribution in [0.15, 0.2) is 68.6 Å². The van der Waals surface area contributed by atoms with E-state index in [0.29, 0.717) is 28.1 Å². The Morgan fingerprint density at radius 3 is 2.50 bits per heavy atom. The minimum atomic E-state index is -0.790. The zero-order chi connectivity index (χ0) is 21.4. The maximum absolute atomic E-state index is 13.0. The van der Waals surface area contributed by atoms with Gasteiger partial charge in [0.15, 0.2) is 0 Å². The first-order valence-corrected chi connectivity index (χ1v) is 9.18. The van der Waals surface area contributed by atoms with Crippen LogP contribution < -0.4 is 21.2 Å². The van der Waals surface area contributed by atoms with Gasteiger partial charge in [0, 0.05) is 12.4 Å². The van der Waals surface area contributed by atoms with Crippen molar-refractivity contribution in [1.82, 2.24) is 9.36 Å². The molecular formula is C22H19N3O5. The van der Waals surface area contributed by atoms with Gasteiger partial charge in [0.25, 0.3) is 11.5 Å². The molecule has 30 heavy (non-hydrogen) atoms. The van der Waals surface area contributed by atoms with E-state index in [9.17, 15) is 14.4 Å². The summed E-state index contributed by atoms with van der Waals surface area (Å²) >= 11 is 0. The number of methoxy groups -OCH3 is 1. The molecule has 0 radical (unpaired) electrons. The Balaban J connectivity index is 1.75. The van der Waals surface area contributed by atoms with Gasteiger partial charge in [-0.1, -0.05) is 18.2 Å². The van der Waals surface area contributed by atoms with Gasteiger partial charge in [0.05, 0.1) is 18.5 Å². The van der Waals surface area contributed by atoms with Crippen LogP contribution in [-0.2, 0) is 7.05 Å². The molecule has 2 aromatic heterocycles. The van der Waals surface area contributed by atoms with Gasteiger partial charge in [-0.3, -0.25) is 14.3 Å². The maximum Gasteiger partial charge on any atom is 0.349 e. The highest BCUT2D eigenvalue weighted by atomic mass is 16.5. The molecule has 0 spiro atoms. The molecule has 8 nitrogen and oxygen atoms in total. The minimum Gasteiger partial charge on any atom is -0.497 e. The molecule has 152 valence electrons. The molecule has 1 N–H and O–H groups in total. The molecule has 0 atom stereocenters. The summed E-state index contributed by atoms with van der Waals surface area (Å²) < 4.78 is 13.5. The zero-order valence-corrected chi connectivity index (χ0v) is 16.6. The van der Waals surface area contributed by atoms with Crippen molar-refractivity contribution in [2.45, 2.75) is 6.92 Å². The van der Waals surface area contributed by atoms with Crippen LogP contribution in [0.5, 0.6) is 5.75 Å². The van der Waals surface area contributed by atoms with Gasteiger partial charge >= 0.3 is 5.63 Å². The van der Waals surface area contributed by atoms with E-state index >= 15 is 0 Å². The maximum atomic E-state index is 13.0. The van der Waals surface area contributed by atoms with Gasteiger partial charge < -0.3 is 14.5 Å². The molecule has 0 saturated heterocycles. The Morgan fingerprint density at radius 2 is 1.80 bits per heavy atom. The van der Waals surface area contributed by atoms with Crippen molar-refractivity contribution in [3.8, 4) is 11.4 Å². The molecule has 2 aromatic carbocycles. The van der Waals surface area contributed by atoms with Crippen LogP contribution in [0.1, 0.15) is 16.1 Å². The van der Waals surface area contributed by atoms with Crippen molar-refractivity contribution in [3.05, 3.63) is 86.6 Å². The van der Waals surface area contributed by atoms with Gasteiger partial charge in [0.2, 0.25) is 0 Å². The lowest BCUT2D eigenvalue weighted by atomic mass is 10.1. The molecule has 1 amide bonds. The predicted octanol–water partition coefficient (Wildman–Crippen LogP) is 2.85. The molecule has 4 rings (SSSR count). The number of anilines is 1. The Bertz CT molecular complexity index is 1380. The van der Waals surface area contributed by atoms with Crippen molar-refractivity contribution in [2.75, 3.05) is 12.4 Å². The monoisotopic (exact) mass is 405 g/mol. The van der Waals surface area contributed by atoms with Crippen molar-refractivity contribution in [3.63, 3.8) is 0 Å². The van der Waals surface area contributed by atoms with Crippen LogP contribution in [0.3, 0.4) is 0 Å². The molecule has 0 aliphatic carbocycles. The second kappa shape index (κ2) is 7.40. The Labute approximate surface area is 170 Å². The van der Waals surface area contributed by atoms with E-state index in [1.54, 1.807) is 49.0 Å². The molecule has 2 heterocycles. The highest BCUT2D eigenvalue weighted by molar-refractivity contribution is 6.05. The number of carbonyl (C=O) groups is 1. The average molecular weight is 405 g/mol. The number of para-hydroxylation sites is 1. The number of carbonyl (C=O) groups excluding carboxylic acids is 1. The molecular weight excluding hydrogens is 386 g/mol. The summed E-state index contributed by atoms with van der Waals surface area (Å²) in [7, 11) is 3.24. The van der Waals surface area contributed by atoms with E-state index in [4.69, 9.17) is 9.15 Å². The molecule has 4 aromatic rings. The molecule has 0 unspecified atom stereocenters. The third-order valence-corrected chi connectivity index (χ3v) is 4.98.